The normalized spacial score (nSPS) is 13.4. The molecule has 1 aliphatic heterocycles. The van der Waals surface area contributed by atoms with Crippen molar-refractivity contribution in [2.45, 2.75) is 17.3 Å². The Hall–Kier alpha value is -2.71. The summed E-state index contributed by atoms with van der Waals surface area (Å²) in [5.41, 5.74) is 1.44. The molecule has 1 atom stereocenters. The van der Waals surface area contributed by atoms with Gasteiger partial charge < -0.3 is 19.4 Å². The summed E-state index contributed by atoms with van der Waals surface area (Å²) in [6.07, 6.45) is 0. The van der Waals surface area contributed by atoms with Gasteiger partial charge in [0.15, 0.2) is 22.5 Å². The number of carbonyl (C=O) groups excluding carboxylic acids is 1. The van der Waals surface area contributed by atoms with Crippen molar-refractivity contribution in [2.24, 2.45) is 7.05 Å². The van der Waals surface area contributed by atoms with Gasteiger partial charge in [0, 0.05) is 24.4 Å². The highest BCUT2D eigenvalue weighted by Crippen LogP contribution is 2.35. The van der Waals surface area contributed by atoms with Gasteiger partial charge in [-0.3, -0.25) is 4.79 Å². The lowest BCUT2D eigenvalue weighted by molar-refractivity contribution is -0.115. The third-order valence-electron chi connectivity index (χ3n) is 4.24. The summed E-state index contributed by atoms with van der Waals surface area (Å²) < 4.78 is 12.4. The van der Waals surface area contributed by atoms with Crippen LogP contribution >= 0.6 is 23.4 Å². The van der Waals surface area contributed by atoms with Crippen LogP contribution in [0.5, 0.6) is 11.5 Å². The topological polar surface area (TPSA) is 78.3 Å². The van der Waals surface area contributed by atoms with Crippen LogP contribution in [0.2, 0.25) is 5.02 Å². The van der Waals surface area contributed by atoms with Gasteiger partial charge in [-0.2, -0.15) is 0 Å². The number of amides is 1. The zero-order valence-electron chi connectivity index (χ0n) is 15.2. The largest absolute Gasteiger partial charge is 0.454 e. The number of benzene rings is 2. The van der Waals surface area contributed by atoms with Crippen LogP contribution in [0.25, 0.3) is 11.4 Å². The lowest BCUT2D eigenvalue weighted by atomic mass is 10.2. The third-order valence-corrected chi connectivity index (χ3v) is 5.70. The van der Waals surface area contributed by atoms with E-state index in [1.165, 1.54) is 11.8 Å². The number of thioether (sulfide) groups is 1. The highest BCUT2D eigenvalue weighted by Gasteiger charge is 2.21. The highest BCUT2D eigenvalue weighted by molar-refractivity contribution is 8.00. The van der Waals surface area contributed by atoms with Gasteiger partial charge in [0.2, 0.25) is 12.7 Å². The van der Waals surface area contributed by atoms with Crippen molar-refractivity contribution in [1.82, 2.24) is 14.8 Å². The van der Waals surface area contributed by atoms with Crippen LogP contribution in [0, 0.1) is 0 Å². The van der Waals surface area contributed by atoms with E-state index in [0.717, 1.165) is 5.56 Å². The number of carbonyl (C=O) groups is 1. The lowest BCUT2D eigenvalue weighted by Crippen LogP contribution is -2.22. The molecule has 7 nitrogen and oxygen atoms in total. The van der Waals surface area contributed by atoms with Gasteiger partial charge in [0.1, 0.15) is 0 Å². The molecule has 3 aromatic rings. The van der Waals surface area contributed by atoms with Crippen LogP contribution in [0.4, 0.5) is 5.69 Å². The molecule has 28 heavy (non-hydrogen) atoms. The van der Waals surface area contributed by atoms with E-state index in [-0.39, 0.29) is 18.0 Å². The molecule has 0 bridgehead atoms. The molecular formula is C19H17ClN4O3S. The summed E-state index contributed by atoms with van der Waals surface area (Å²) in [7, 11) is 1.85. The number of halogens is 1. The molecule has 2 heterocycles. The molecular weight excluding hydrogens is 400 g/mol. The Balaban J connectivity index is 1.46. The fraction of sp³-hybridized carbons (Fsp3) is 0.211. The first-order valence-corrected chi connectivity index (χ1v) is 9.80. The molecule has 0 aliphatic carbocycles. The van der Waals surface area contributed by atoms with Crippen molar-refractivity contribution in [3.05, 3.63) is 47.5 Å². The summed E-state index contributed by atoms with van der Waals surface area (Å²) in [4.78, 5) is 12.6. The molecule has 0 unspecified atom stereocenters. The van der Waals surface area contributed by atoms with Gasteiger partial charge in [0.05, 0.1) is 10.3 Å². The summed E-state index contributed by atoms with van der Waals surface area (Å²) in [6.45, 7) is 2.01. The van der Waals surface area contributed by atoms with Crippen LogP contribution in [-0.4, -0.2) is 32.7 Å². The molecule has 9 heteroatoms. The second-order valence-corrected chi connectivity index (χ2v) is 7.88. The predicted molar refractivity (Wildman–Crippen MR) is 108 cm³/mol. The van der Waals surface area contributed by atoms with E-state index in [0.29, 0.717) is 33.2 Å². The quantitative estimate of drug-likeness (QED) is 0.634. The fourth-order valence-corrected chi connectivity index (χ4v) is 3.76. The number of ether oxygens (including phenoxy) is 2. The third kappa shape index (κ3) is 3.65. The monoisotopic (exact) mass is 416 g/mol. The van der Waals surface area contributed by atoms with Crippen molar-refractivity contribution in [2.75, 3.05) is 12.1 Å². The highest BCUT2D eigenvalue weighted by atomic mass is 35.5. The number of rotatable bonds is 5. The summed E-state index contributed by atoms with van der Waals surface area (Å²) in [5, 5.41) is 12.2. The standard InChI is InChI=1S/C19H17ClN4O3S/c1-11(18(25)21-12-7-8-15-16(9-12)27-10-26-15)28-19-23-22-17(24(19)2)13-5-3-4-6-14(13)20/h3-9,11H,10H2,1-2H3,(H,21,25)/t11-/m0/s1. The Morgan fingerprint density at radius 1 is 1.21 bits per heavy atom. The Labute approximate surface area is 171 Å². The van der Waals surface area contributed by atoms with Crippen molar-refractivity contribution >= 4 is 35.0 Å². The van der Waals surface area contributed by atoms with Gasteiger partial charge >= 0.3 is 0 Å². The van der Waals surface area contributed by atoms with Gasteiger partial charge in [-0.1, -0.05) is 35.5 Å². The second-order valence-electron chi connectivity index (χ2n) is 6.16. The molecule has 0 spiro atoms. The average Bonchev–Trinajstić information content (AvgIpc) is 3.29. The predicted octanol–water partition coefficient (Wildman–Crippen LogP) is 3.98. The van der Waals surface area contributed by atoms with E-state index in [9.17, 15) is 4.79 Å². The van der Waals surface area contributed by atoms with Crippen LogP contribution in [0.1, 0.15) is 6.92 Å². The van der Waals surface area contributed by atoms with Crippen LogP contribution in [-0.2, 0) is 11.8 Å². The SMILES string of the molecule is C[C@H](Sc1nnc(-c2ccccc2Cl)n1C)C(=O)Nc1ccc2c(c1)OCO2. The molecule has 4 rings (SSSR count). The molecule has 144 valence electrons. The van der Waals surface area contributed by atoms with E-state index in [1.54, 1.807) is 24.3 Å². The molecule has 0 saturated heterocycles. The maximum Gasteiger partial charge on any atom is 0.237 e. The fourth-order valence-electron chi connectivity index (χ4n) is 2.72. The van der Waals surface area contributed by atoms with Crippen LogP contribution < -0.4 is 14.8 Å². The number of anilines is 1. The van der Waals surface area contributed by atoms with Gasteiger partial charge in [-0.05, 0) is 31.2 Å². The Morgan fingerprint density at radius 2 is 2.00 bits per heavy atom. The average molecular weight is 417 g/mol. The first-order chi connectivity index (χ1) is 13.5. The molecule has 2 aromatic carbocycles. The first-order valence-electron chi connectivity index (χ1n) is 8.54. The molecule has 1 aromatic heterocycles. The van der Waals surface area contributed by atoms with Crippen molar-refractivity contribution in [1.29, 1.82) is 0 Å². The van der Waals surface area contributed by atoms with E-state index < -0.39 is 0 Å². The second kappa shape index (κ2) is 7.73. The maximum atomic E-state index is 12.6. The minimum atomic E-state index is -0.382. The van der Waals surface area contributed by atoms with Crippen molar-refractivity contribution < 1.29 is 14.3 Å². The van der Waals surface area contributed by atoms with Crippen molar-refractivity contribution in [3.63, 3.8) is 0 Å². The van der Waals surface area contributed by atoms with Crippen molar-refractivity contribution in [3.8, 4) is 22.9 Å². The van der Waals surface area contributed by atoms with E-state index >= 15 is 0 Å². The maximum absolute atomic E-state index is 12.6. The number of fused-ring (bicyclic) bond motifs is 1. The molecule has 0 saturated carbocycles. The Bertz CT molecular complexity index is 1040. The van der Waals surface area contributed by atoms with E-state index in [4.69, 9.17) is 21.1 Å². The number of nitrogens with zero attached hydrogens (tertiary/aromatic N) is 3. The first kappa shape index (κ1) is 18.6. The number of hydrogen-bond donors (Lipinski definition) is 1. The Morgan fingerprint density at radius 3 is 2.82 bits per heavy atom. The smallest absolute Gasteiger partial charge is 0.237 e. The number of nitrogens with one attached hydrogen (secondary N) is 1. The van der Waals surface area contributed by atoms with Crippen LogP contribution in [0.15, 0.2) is 47.6 Å². The minimum Gasteiger partial charge on any atom is -0.454 e. The molecule has 1 N–H and O–H groups in total. The zero-order chi connectivity index (χ0) is 19.7. The lowest BCUT2D eigenvalue weighted by Gasteiger charge is -2.12. The van der Waals surface area contributed by atoms with E-state index in [2.05, 4.69) is 15.5 Å². The molecule has 1 amide bonds. The molecule has 0 radical (unpaired) electrons. The minimum absolute atomic E-state index is 0.147. The van der Waals surface area contributed by atoms with Gasteiger partial charge in [-0.25, -0.2) is 0 Å². The Kier molecular flexibility index (Phi) is 5.15. The summed E-state index contributed by atoms with van der Waals surface area (Å²) in [5.74, 6) is 1.80. The van der Waals surface area contributed by atoms with Gasteiger partial charge in [0.25, 0.3) is 0 Å². The van der Waals surface area contributed by atoms with Crippen LogP contribution in [0.3, 0.4) is 0 Å². The summed E-state index contributed by atoms with van der Waals surface area (Å²) in [6, 6.07) is 12.7. The number of hydrogen-bond acceptors (Lipinski definition) is 6. The molecule has 0 fully saturated rings. The zero-order valence-corrected chi connectivity index (χ0v) is 16.8. The number of aromatic nitrogens is 3. The van der Waals surface area contributed by atoms with Gasteiger partial charge in [-0.15, -0.1) is 10.2 Å². The van der Waals surface area contributed by atoms with E-state index in [1.807, 2.05) is 36.7 Å². The summed E-state index contributed by atoms with van der Waals surface area (Å²) >= 11 is 7.58. The molecule has 1 aliphatic rings.